The molecule has 0 saturated heterocycles. The second-order valence-corrected chi connectivity index (χ2v) is 5.33. The van der Waals surface area contributed by atoms with E-state index in [9.17, 15) is 9.59 Å². The summed E-state index contributed by atoms with van der Waals surface area (Å²) in [5, 5.41) is 0.742. The smallest absolute Gasteiger partial charge is 0.339 e. The number of carbonyl (C=O) groups excluding carboxylic acids is 1. The lowest BCUT2D eigenvalue weighted by Gasteiger charge is -2.16. The van der Waals surface area contributed by atoms with E-state index in [1.807, 2.05) is 38.1 Å². The van der Waals surface area contributed by atoms with Crippen LogP contribution in [0.4, 0.5) is 0 Å². The van der Waals surface area contributed by atoms with E-state index < -0.39 is 5.97 Å². The molecule has 4 heteroatoms. The maximum atomic E-state index is 12.2. The lowest BCUT2D eigenvalue weighted by molar-refractivity contribution is 0.0380. The Morgan fingerprint density at radius 2 is 1.80 bits per heavy atom. The van der Waals surface area contributed by atoms with E-state index in [4.69, 9.17) is 4.74 Å². The number of fused-ring (bicyclic) bond motifs is 1. The molecular formula is C16H19NO3. The Bertz CT molecular complexity index is 698. The molecule has 4 nitrogen and oxygen atoms in total. The fraction of sp³-hybridized carbons (Fsp3) is 0.375. The van der Waals surface area contributed by atoms with Gasteiger partial charge in [-0.25, -0.2) is 4.79 Å². The molecule has 0 amide bonds. The maximum Gasteiger partial charge on any atom is 0.339 e. The Hall–Kier alpha value is -2.10. The third kappa shape index (κ3) is 2.59. The molecular weight excluding hydrogens is 254 g/mol. The van der Waals surface area contributed by atoms with Gasteiger partial charge in [0.15, 0.2) is 0 Å². The van der Waals surface area contributed by atoms with Crippen LogP contribution in [0.25, 0.3) is 10.9 Å². The van der Waals surface area contributed by atoms with Crippen LogP contribution in [0.5, 0.6) is 0 Å². The van der Waals surface area contributed by atoms with Crippen molar-refractivity contribution in [2.24, 2.45) is 0 Å². The molecule has 0 saturated carbocycles. The monoisotopic (exact) mass is 273 g/mol. The molecule has 0 N–H and O–H groups in total. The average molecular weight is 273 g/mol. The number of para-hydroxylation sites is 1. The van der Waals surface area contributed by atoms with E-state index in [0.717, 1.165) is 10.9 Å². The van der Waals surface area contributed by atoms with Crippen LogP contribution < -0.4 is 5.56 Å². The highest BCUT2D eigenvalue weighted by Crippen LogP contribution is 2.20. The van der Waals surface area contributed by atoms with E-state index in [0.29, 0.717) is 5.56 Å². The summed E-state index contributed by atoms with van der Waals surface area (Å²) in [7, 11) is 0. The Morgan fingerprint density at radius 3 is 2.40 bits per heavy atom. The Labute approximate surface area is 118 Å². The second kappa shape index (κ2) is 5.49. The minimum atomic E-state index is -0.454. The van der Waals surface area contributed by atoms with E-state index in [1.165, 1.54) is 6.07 Å². The summed E-state index contributed by atoms with van der Waals surface area (Å²) in [5.41, 5.74) is 0.899. The van der Waals surface area contributed by atoms with Gasteiger partial charge < -0.3 is 9.30 Å². The summed E-state index contributed by atoms with van der Waals surface area (Å²) in [4.78, 5) is 24.4. The van der Waals surface area contributed by atoms with Crippen LogP contribution in [0.15, 0.2) is 35.1 Å². The number of ether oxygens (including phenoxy) is 1. The molecule has 20 heavy (non-hydrogen) atoms. The first-order chi connectivity index (χ1) is 9.41. The average Bonchev–Trinajstić information content (AvgIpc) is 2.36. The van der Waals surface area contributed by atoms with Gasteiger partial charge in [0.2, 0.25) is 0 Å². The summed E-state index contributed by atoms with van der Waals surface area (Å²) < 4.78 is 6.89. The molecule has 0 radical (unpaired) electrons. The van der Waals surface area contributed by atoms with Gasteiger partial charge in [-0.1, -0.05) is 18.2 Å². The molecule has 1 aromatic heterocycles. The van der Waals surface area contributed by atoms with Crippen molar-refractivity contribution in [2.75, 3.05) is 0 Å². The number of carbonyl (C=O) groups is 1. The number of aromatic nitrogens is 1. The first kappa shape index (κ1) is 14.3. The molecule has 0 fully saturated rings. The van der Waals surface area contributed by atoms with Crippen molar-refractivity contribution < 1.29 is 9.53 Å². The number of hydrogen-bond donors (Lipinski definition) is 0. The normalized spacial score (nSPS) is 11.3. The lowest BCUT2D eigenvalue weighted by Crippen LogP contribution is -2.24. The summed E-state index contributed by atoms with van der Waals surface area (Å²) in [5.74, 6) is -0.454. The van der Waals surface area contributed by atoms with Gasteiger partial charge in [-0.15, -0.1) is 0 Å². The minimum absolute atomic E-state index is 0.0302. The van der Waals surface area contributed by atoms with Crippen LogP contribution in [0.1, 0.15) is 44.1 Å². The van der Waals surface area contributed by atoms with Crippen LogP contribution in [-0.4, -0.2) is 16.6 Å². The molecule has 2 aromatic rings. The van der Waals surface area contributed by atoms with E-state index >= 15 is 0 Å². The van der Waals surface area contributed by atoms with E-state index in [1.54, 1.807) is 18.4 Å². The molecule has 0 aliphatic carbocycles. The van der Waals surface area contributed by atoms with Crippen molar-refractivity contribution in [3.8, 4) is 0 Å². The third-order valence-corrected chi connectivity index (χ3v) is 3.04. The van der Waals surface area contributed by atoms with Gasteiger partial charge in [-0.3, -0.25) is 4.79 Å². The van der Waals surface area contributed by atoms with E-state index in [-0.39, 0.29) is 17.7 Å². The highest BCUT2D eigenvalue weighted by Gasteiger charge is 2.17. The highest BCUT2D eigenvalue weighted by molar-refractivity contribution is 6.03. The van der Waals surface area contributed by atoms with Gasteiger partial charge in [0, 0.05) is 17.5 Å². The van der Waals surface area contributed by atoms with Gasteiger partial charge in [0.1, 0.15) is 0 Å². The standard InChI is InChI=1S/C16H19NO3/c1-10(2)17-14-8-6-5-7-12(14)13(9-15(17)18)16(19)20-11(3)4/h5-11H,1-4H3. The van der Waals surface area contributed by atoms with Crippen LogP contribution in [0, 0.1) is 0 Å². The molecule has 0 spiro atoms. The second-order valence-electron chi connectivity index (χ2n) is 5.33. The molecule has 0 aliphatic rings. The van der Waals surface area contributed by atoms with Crippen molar-refractivity contribution >= 4 is 16.9 Å². The van der Waals surface area contributed by atoms with Gasteiger partial charge in [0.05, 0.1) is 17.2 Å². The van der Waals surface area contributed by atoms with E-state index in [2.05, 4.69) is 0 Å². The molecule has 0 bridgehead atoms. The largest absolute Gasteiger partial charge is 0.459 e. The number of esters is 1. The summed E-state index contributed by atoms with van der Waals surface area (Å²) in [6.45, 7) is 7.46. The fourth-order valence-corrected chi connectivity index (χ4v) is 2.28. The van der Waals surface area contributed by atoms with Gasteiger partial charge in [0.25, 0.3) is 5.56 Å². The Balaban J connectivity index is 2.73. The molecule has 2 rings (SSSR count). The molecule has 0 aliphatic heterocycles. The van der Waals surface area contributed by atoms with Crippen LogP contribution in [0.2, 0.25) is 0 Å². The molecule has 1 heterocycles. The summed E-state index contributed by atoms with van der Waals surface area (Å²) in [6.07, 6.45) is -0.214. The maximum absolute atomic E-state index is 12.2. The first-order valence-corrected chi connectivity index (χ1v) is 6.77. The number of pyridine rings is 1. The fourth-order valence-electron chi connectivity index (χ4n) is 2.28. The first-order valence-electron chi connectivity index (χ1n) is 6.77. The number of benzene rings is 1. The zero-order chi connectivity index (χ0) is 14.9. The molecule has 0 atom stereocenters. The zero-order valence-corrected chi connectivity index (χ0v) is 12.2. The number of hydrogen-bond acceptors (Lipinski definition) is 3. The molecule has 1 aromatic carbocycles. The van der Waals surface area contributed by atoms with Crippen molar-refractivity contribution in [3.05, 3.63) is 46.2 Å². The van der Waals surface area contributed by atoms with Gasteiger partial charge in [-0.2, -0.15) is 0 Å². The van der Waals surface area contributed by atoms with Crippen LogP contribution in [0.3, 0.4) is 0 Å². The molecule has 0 unspecified atom stereocenters. The SMILES string of the molecule is CC(C)OC(=O)c1cc(=O)n(C(C)C)c2ccccc12. The van der Waals surface area contributed by atoms with Crippen molar-refractivity contribution in [2.45, 2.75) is 39.8 Å². The predicted octanol–water partition coefficient (Wildman–Crippen LogP) is 3.15. The third-order valence-electron chi connectivity index (χ3n) is 3.04. The van der Waals surface area contributed by atoms with Crippen molar-refractivity contribution in [1.82, 2.24) is 4.57 Å². The Kier molecular flexibility index (Phi) is 3.93. The van der Waals surface area contributed by atoms with Crippen LogP contribution in [-0.2, 0) is 4.74 Å². The predicted molar refractivity (Wildman–Crippen MR) is 79.1 cm³/mol. The van der Waals surface area contributed by atoms with Gasteiger partial charge in [-0.05, 0) is 33.8 Å². The summed E-state index contributed by atoms with van der Waals surface area (Å²) in [6, 6.07) is 8.80. The highest BCUT2D eigenvalue weighted by atomic mass is 16.5. The molecule has 106 valence electrons. The number of rotatable bonds is 3. The van der Waals surface area contributed by atoms with Crippen molar-refractivity contribution in [1.29, 1.82) is 0 Å². The van der Waals surface area contributed by atoms with Crippen LogP contribution >= 0.6 is 0 Å². The lowest BCUT2D eigenvalue weighted by atomic mass is 10.1. The number of nitrogens with zero attached hydrogens (tertiary/aromatic N) is 1. The van der Waals surface area contributed by atoms with Crippen molar-refractivity contribution in [3.63, 3.8) is 0 Å². The quantitative estimate of drug-likeness (QED) is 0.807. The zero-order valence-electron chi connectivity index (χ0n) is 12.2. The Morgan fingerprint density at radius 1 is 1.15 bits per heavy atom. The topological polar surface area (TPSA) is 48.3 Å². The summed E-state index contributed by atoms with van der Waals surface area (Å²) >= 11 is 0. The minimum Gasteiger partial charge on any atom is -0.459 e. The van der Waals surface area contributed by atoms with Gasteiger partial charge >= 0.3 is 5.97 Å².